The zero-order valence-electron chi connectivity index (χ0n) is 13.7. The van der Waals surface area contributed by atoms with E-state index in [1.807, 2.05) is 47.4 Å². The van der Waals surface area contributed by atoms with E-state index >= 15 is 0 Å². The van der Waals surface area contributed by atoms with Gasteiger partial charge in [0.05, 0.1) is 17.9 Å². The molecule has 1 aromatic carbocycles. The number of hydrogen-bond donors (Lipinski definition) is 1. The molecule has 2 aromatic rings. The Morgan fingerprint density at radius 3 is 2.52 bits per heavy atom. The molecule has 25 heavy (non-hydrogen) atoms. The zero-order valence-corrected chi connectivity index (χ0v) is 13.7. The van der Waals surface area contributed by atoms with Crippen LogP contribution >= 0.6 is 0 Å². The van der Waals surface area contributed by atoms with E-state index in [1.54, 1.807) is 6.20 Å². The van der Waals surface area contributed by atoms with Crippen LogP contribution in [0.25, 0.3) is 11.3 Å². The molecule has 2 bridgehead atoms. The molecule has 5 nitrogen and oxygen atoms in total. The predicted octanol–water partition coefficient (Wildman–Crippen LogP) is 3.17. The maximum atomic E-state index is 12.7. The van der Waals surface area contributed by atoms with Crippen LogP contribution in [0.15, 0.2) is 60.8 Å². The second kappa shape index (κ2) is 5.70. The van der Waals surface area contributed by atoms with Gasteiger partial charge in [-0.3, -0.25) is 4.98 Å². The van der Waals surface area contributed by atoms with Gasteiger partial charge in [0.1, 0.15) is 0 Å². The summed E-state index contributed by atoms with van der Waals surface area (Å²) in [7, 11) is 0. The van der Waals surface area contributed by atoms with Crippen LogP contribution in [0.2, 0.25) is 0 Å². The number of likely N-dealkylation sites (tertiary alicyclic amines) is 1. The average molecular weight is 333 g/mol. The van der Waals surface area contributed by atoms with E-state index in [-0.39, 0.29) is 18.2 Å². The van der Waals surface area contributed by atoms with Gasteiger partial charge in [-0.25, -0.2) is 4.79 Å². The van der Waals surface area contributed by atoms with E-state index in [0.29, 0.717) is 11.8 Å². The summed E-state index contributed by atoms with van der Waals surface area (Å²) in [5.74, 6) is 0.885. The molecule has 1 N–H and O–H groups in total. The van der Waals surface area contributed by atoms with E-state index < -0.39 is 0 Å². The first-order valence-corrected chi connectivity index (χ1v) is 8.69. The Morgan fingerprint density at radius 2 is 1.80 bits per heavy atom. The van der Waals surface area contributed by atoms with Crippen LogP contribution in [0.3, 0.4) is 0 Å². The van der Waals surface area contributed by atoms with Crippen LogP contribution in [0.5, 0.6) is 0 Å². The van der Waals surface area contributed by atoms with Gasteiger partial charge in [-0.2, -0.15) is 0 Å². The number of carbonyl (C=O) groups is 1. The number of aromatic nitrogens is 1. The fourth-order valence-corrected chi connectivity index (χ4v) is 4.17. The Labute approximate surface area is 146 Å². The van der Waals surface area contributed by atoms with Crippen molar-refractivity contribution in [1.82, 2.24) is 9.88 Å². The van der Waals surface area contributed by atoms with Crippen LogP contribution in [-0.2, 0) is 4.74 Å². The summed E-state index contributed by atoms with van der Waals surface area (Å²) in [6, 6.07) is 13.7. The number of benzene rings is 1. The molecule has 0 saturated carbocycles. The minimum absolute atomic E-state index is 0.0426. The molecule has 0 spiro atoms. The lowest BCUT2D eigenvalue weighted by Crippen LogP contribution is -2.35. The fourth-order valence-electron chi connectivity index (χ4n) is 4.17. The van der Waals surface area contributed by atoms with Crippen molar-refractivity contribution in [2.45, 2.75) is 12.2 Å². The Bertz CT molecular complexity index is 816. The standard InChI is InChI=1S/C20H19N3O2/c24-20(23-11-15-16(12-23)19-7-6-18(15)25-19)22-14-8-9-21-17(10-14)13-4-2-1-3-5-13/h1-10,15-16,18-19H,11-12H2,(H,21,22,24)/t15-,16-,18-,19-/m1/s1. The third-order valence-corrected chi connectivity index (χ3v) is 5.43. The number of hydrogen-bond acceptors (Lipinski definition) is 3. The van der Waals surface area contributed by atoms with Gasteiger partial charge in [0.2, 0.25) is 0 Å². The van der Waals surface area contributed by atoms with Crippen molar-refractivity contribution in [3.05, 3.63) is 60.8 Å². The molecule has 126 valence electrons. The summed E-state index contributed by atoms with van der Waals surface area (Å²) >= 11 is 0. The number of pyridine rings is 1. The van der Waals surface area contributed by atoms with Gasteiger partial charge in [0, 0.05) is 42.4 Å². The first-order valence-electron chi connectivity index (χ1n) is 8.69. The van der Waals surface area contributed by atoms with Crippen LogP contribution in [0, 0.1) is 11.8 Å². The first-order chi connectivity index (χ1) is 12.3. The highest BCUT2D eigenvalue weighted by molar-refractivity contribution is 5.90. The summed E-state index contributed by atoms with van der Waals surface area (Å²) in [4.78, 5) is 19.0. The van der Waals surface area contributed by atoms with Crippen LogP contribution in [0.4, 0.5) is 10.5 Å². The molecule has 2 amide bonds. The zero-order chi connectivity index (χ0) is 16.8. The normalized spacial score (nSPS) is 29.0. The summed E-state index contributed by atoms with van der Waals surface area (Å²) < 4.78 is 5.87. The van der Waals surface area contributed by atoms with Crippen LogP contribution in [0.1, 0.15) is 0 Å². The van der Waals surface area contributed by atoms with Crippen LogP contribution < -0.4 is 5.32 Å². The third kappa shape index (κ3) is 2.51. The molecule has 0 aliphatic carbocycles. The number of nitrogens with zero attached hydrogens (tertiary/aromatic N) is 2. The van der Waals surface area contributed by atoms with Crippen molar-refractivity contribution in [3.63, 3.8) is 0 Å². The summed E-state index contributed by atoms with van der Waals surface area (Å²) in [5, 5.41) is 3.02. The molecular weight excluding hydrogens is 314 g/mol. The number of urea groups is 1. The van der Waals surface area contributed by atoms with Crippen molar-refractivity contribution in [2.75, 3.05) is 18.4 Å². The van der Waals surface area contributed by atoms with Crippen LogP contribution in [-0.4, -0.2) is 41.2 Å². The number of fused-ring (bicyclic) bond motifs is 5. The molecule has 2 fully saturated rings. The molecule has 4 heterocycles. The smallest absolute Gasteiger partial charge is 0.321 e. The van der Waals surface area contributed by atoms with Crippen molar-refractivity contribution in [3.8, 4) is 11.3 Å². The summed E-state index contributed by atoms with van der Waals surface area (Å²) in [6.45, 7) is 1.53. The van der Waals surface area contributed by atoms with Gasteiger partial charge in [-0.05, 0) is 12.1 Å². The Morgan fingerprint density at radius 1 is 1.08 bits per heavy atom. The monoisotopic (exact) mass is 333 g/mol. The molecule has 0 radical (unpaired) electrons. The van der Waals surface area contributed by atoms with E-state index in [9.17, 15) is 4.79 Å². The Kier molecular flexibility index (Phi) is 3.35. The summed E-state index contributed by atoms with van der Waals surface area (Å²) in [5.41, 5.74) is 2.66. The number of amides is 2. The highest BCUT2D eigenvalue weighted by Crippen LogP contribution is 2.43. The lowest BCUT2D eigenvalue weighted by molar-refractivity contribution is 0.0892. The molecule has 5 heteroatoms. The number of nitrogens with one attached hydrogen (secondary N) is 1. The maximum Gasteiger partial charge on any atom is 0.321 e. The van der Waals surface area contributed by atoms with Crippen molar-refractivity contribution >= 4 is 11.7 Å². The second-order valence-electron chi connectivity index (χ2n) is 6.91. The molecule has 3 aliphatic heterocycles. The minimum atomic E-state index is -0.0426. The average Bonchev–Trinajstić information content (AvgIpc) is 3.36. The number of anilines is 1. The topological polar surface area (TPSA) is 54.5 Å². The number of rotatable bonds is 2. The molecule has 4 atom stereocenters. The largest absolute Gasteiger partial charge is 0.366 e. The molecule has 1 aromatic heterocycles. The highest BCUT2D eigenvalue weighted by atomic mass is 16.5. The lowest BCUT2D eigenvalue weighted by atomic mass is 9.86. The van der Waals surface area contributed by atoms with Gasteiger partial charge >= 0.3 is 6.03 Å². The fraction of sp³-hybridized carbons (Fsp3) is 0.300. The van der Waals surface area contributed by atoms with E-state index in [2.05, 4.69) is 22.5 Å². The first kappa shape index (κ1) is 14.7. The van der Waals surface area contributed by atoms with Crippen molar-refractivity contribution in [1.29, 1.82) is 0 Å². The van der Waals surface area contributed by atoms with E-state index in [0.717, 1.165) is 30.0 Å². The quantitative estimate of drug-likeness (QED) is 0.859. The SMILES string of the molecule is O=C(Nc1ccnc(-c2ccccc2)c1)N1C[C@@H]2[C@@H](C1)[C@H]1C=C[C@H]2O1. The van der Waals surface area contributed by atoms with Gasteiger partial charge in [0.15, 0.2) is 0 Å². The lowest BCUT2D eigenvalue weighted by Gasteiger charge is -2.19. The minimum Gasteiger partial charge on any atom is -0.366 e. The summed E-state index contributed by atoms with van der Waals surface area (Å²) in [6.07, 6.45) is 6.40. The van der Waals surface area contributed by atoms with Gasteiger partial charge in [-0.15, -0.1) is 0 Å². The van der Waals surface area contributed by atoms with E-state index in [1.165, 1.54) is 0 Å². The number of ether oxygens (including phenoxy) is 1. The maximum absolute atomic E-state index is 12.7. The molecule has 3 aliphatic rings. The second-order valence-corrected chi connectivity index (χ2v) is 6.91. The molecule has 0 unspecified atom stereocenters. The Hall–Kier alpha value is -2.66. The van der Waals surface area contributed by atoms with Crippen molar-refractivity contribution in [2.24, 2.45) is 11.8 Å². The van der Waals surface area contributed by atoms with E-state index in [4.69, 9.17) is 4.74 Å². The third-order valence-electron chi connectivity index (χ3n) is 5.43. The Balaban J connectivity index is 1.29. The molecule has 2 saturated heterocycles. The predicted molar refractivity (Wildman–Crippen MR) is 95.0 cm³/mol. The number of carbonyl (C=O) groups excluding carboxylic acids is 1. The van der Waals surface area contributed by atoms with Crippen molar-refractivity contribution < 1.29 is 9.53 Å². The molecule has 5 rings (SSSR count). The highest BCUT2D eigenvalue weighted by Gasteiger charge is 2.51. The van der Waals surface area contributed by atoms with Gasteiger partial charge < -0.3 is 15.0 Å². The molecular formula is C20H19N3O2. The van der Waals surface area contributed by atoms with Gasteiger partial charge in [0.25, 0.3) is 0 Å². The van der Waals surface area contributed by atoms with Gasteiger partial charge in [-0.1, -0.05) is 42.5 Å².